The SMILES string of the molecule is CCOc1cc(CNc2cc(C)ccc2C)cc(I)c1OCC(=O)Nc1ccc(C)c(Cl)c1. The van der Waals surface area contributed by atoms with E-state index in [1.165, 1.54) is 11.1 Å². The Balaban J connectivity index is 1.69. The fraction of sp³-hybridized carbons (Fsp3) is 0.269. The monoisotopic (exact) mass is 578 g/mol. The van der Waals surface area contributed by atoms with Gasteiger partial charge in [-0.1, -0.05) is 29.8 Å². The number of anilines is 2. The van der Waals surface area contributed by atoms with Crippen LogP contribution in [0.5, 0.6) is 11.5 Å². The quantitative estimate of drug-likeness (QED) is 0.271. The van der Waals surface area contributed by atoms with Gasteiger partial charge < -0.3 is 20.1 Å². The molecule has 0 atom stereocenters. The molecule has 5 nitrogen and oxygen atoms in total. The Labute approximate surface area is 214 Å². The molecule has 1 amide bonds. The molecule has 174 valence electrons. The van der Waals surface area contributed by atoms with Crippen molar-refractivity contribution < 1.29 is 14.3 Å². The van der Waals surface area contributed by atoms with Crippen molar-refractivity contribution in [3.63, 3.8) is 0 Å². The largest absolute Gasteiger partial charge is 0.490 e. The smallest absolute Gasteiger partial charge is 0.262 e. The molecule has 3 rings (SSSR count). The molecule has 33 heavy (non-hydrogen) atoms. The lowest BCUT2D eigenvalue weighted by atomic mass is 10.1. The number of carbonyl (C=O) groups is 1. The van der Waals surface area contributed by atoms with Crippen molar-refractivity contribution in [2.45, 2.75) is 34.2 Å². The Morgan fingerprint density at radius 3 is 2.48 bits per heavy atom. The zero-order chi connectivity index (χ0) is 24.0. The standard InChI is InChI=1S/C26H28ClIN2O3/c1-5-32-24-12-19(14-29-23-10-16(2)6-7-18(23)4)11-22(28)26(24)33-15-25(31)30-20-9-8-17(3)21(27)13-20/h6-13,29H,5,14-15H2,1-4H3,(H,30,31). The number of amides is 1. The second kappa shape index (κ2) is 11.6. The van der Waals surface area contributed by atoms with Crippen LogP contribution in [-0.2, 0) is 11.3 Å². The van der Waals surface area contributed by atoms with E-state index in [1.54, 1.807) is 6.07 Å². The third kappa shape index (κ3) is 7.01. The van der Waals surface area contributed by atoms with Gasteiger partial charge in [0.1, 0.15) is 0 Å². The molecule has 0 bridgehead atoms. The van der Waals surface area contributed by atoms with Crippen LogP contribution in [0.25, 0.3) is 0 Å². The Morgan fingerprint density at radius 1 is 1.00 bits per heavy atom. The van der Waals surface area contributed by atoms with Gasteiger partial charge in [0.05, 0.1) is 10.2 Å². The summed E-state index contributed by atoms with van der Waals surface area (Å²) in [4.78, 5) is 12.4. The summed E-state index contributed by atoms with van der Waals surface area (Å²) in [6, 6.07) is 15.7. The highest BCUT2D eigenvalue weighted by molar-refractivity contribution is 14.1. The van der Waals surface area contributed by atoms with Gasteiger partial charge in [-0.15, -0.1) is 0 Å². The van der Waals surface area contributed by atoms with Crippen LogP contribution < -0.4 is 20.1 Å². The number of carbonyl (C=O) groups excluding carboxylic acids is 1. The second-order valence-corrected chi connectivity index (χ2v) is 9.38. The van der Waals surface area contributed by atoms with Crippen molar-refractivity contribution in [2.75, 3.05) is 23.8 Å². The molecule has 0 saturated heterocycles. The minimum Gasteiger partial charge on any atom is -0.490 e. The zero-order valence-corrected chi connectivity index (χ0v) is 22.1. The van der Waals surface area contributed by atoms with Gasteiger partial charge in [0.25, 0.3) is 5.91 Å². The van der Waals surface area contributed by atoms with E-state index in [0.717, 1.165) is 20.4 Å². The topological polar surface area (TPSA) is 59.6 Å². The van der Waals surface area contributed by atoms with Crippen LogP contribution in [0.2, 0.25) is 5.02 Å². The molecular formula is C26H28ClIN2O3. The van der Waals surface area contributed by atoms with Crippen LogP contribution in [0.3, 0.4) is 0 Å². The molecular weight excluding hydrogens is 551 g/mol. The maximum absolute atomic E-state index is 12.4. The maximum Gasteiger partial charge on any atom is 0.262 e. The van der Waals surface area contributed by atoms with Crippen LogP contribution >= 0.6 is 34.2 Å². The molecule has 0 fully saturated rings. The van der Waals surface area contributed by atoms with Gasteiger partial charge >= 0.3 is 0 Å². The molecule has 0 radical (unpaired) electrons. The minimum absolute atomic E-state index is 0.137. The van der Waals surface area contributed by atoms with Gasteiger partial charge in [-0.2, -0.15) is 0 Å². The summed E-state index contributed by atoms with van der Waals surface area (Å²) < 4.78 is 12.6. The predicted molar refractivity (Wildman–Crippen MR) is 144 cm³/mol. The number of hydrogen-bond donors (Lipinski definition) is 2. The molecule has 3 aromatic carbocycles. The van der Waals surface area contributed by atoms with Gasteiger partial charge in [-0.3, -0.25) is 4.79 Å². The van der Waals surface area contributed by atoms with Crippen molar-refractivity contribution in [2.24, 2.45) is 0 Å². The van der Waals surface area contributed by atoms with E-state index in [0.29, 0.717) is 35.4 Å². The highest BCUT2D eigenvalue weighted by Gasteiger charge is 2.15. The summed E-state index contributed by atoms with van der Waals surface area (Å²) in [5.74, 6) is 0.909. The molecule has 0 aliphatic carbocycles. The van der Waals surface area contributed by atoms with Crippen molar-refractivity contribution >= 4 is 51.5 Å². The normalized spacial score (nSPS) is 10.6. The van der Waals surface area contributed by atoms with E-state index >= 15 is 0 Å². The van der Waals surface area contributed by atoms with Gasteiger partial charge in [0.2, 0.25) is 0 Å². The van der Waals surface area contributed by atoms with Crippen LogP contribution in [0.15, 0.2) is 48.5 Å². The number of rotatable bonds is 9. The molecule has 0 aliphatic rings. The Bertz CT molecular complexity index is 1150. The van der Waals surface area contributed by atoms with Crippen molar-refractivity contribution in [1.29, 1.82) is 0 Å². The Morgan fingerprint density at radius 2 is 1.76 bits per heavy atom. The van der Waals surface area contributed by atoms with Crippen molar-refractivity contribution in [3.05, 3.63) is 79.4 Å². The maximum atomic E-state index is 12.4. The second-order valence-electron chi connectivity index (χ2n) is 7.81. The summed E-state index contributed by atoms with van der Waals surface area (Å²) in [5, 5.41) is 6.91. The van der Waals surface area contributed by atoms with E-state index < -0.39 is 0 Å². The van der Waals surface area contributed by atoms with E-state index in [-0.39, 0.29) is 12.5 Å². The summed E-state index contributed by atoms with van der Waals surface area (Å²) >= 11 is 8.35. The van der Waals surface area contributed by atoms with Gasteiger partial charge in [0, 0.05) is 22.9 Å². The Hall–Kier alpha value is -2.45. The molecule has 0 saturated carbocycles. The van der Waals surface area contributed by atoms with E-state index in [4.69, 9.17) is 21.1 Å². The first-order chi connectivity index (χ1) is 15.8. The molecule has 7 heteroatoms. The predicted octanol–water partition coefficient (Wildman–Crippen LogP) is 6.90. The highest BCUT2D eigenvalue weighted by Crippen LogP contribution is 2.35. The number of nitrogens with one attached hydrogen (secondary N) is 2. The molecule has 2 N–H and O–H groups in total. The summed E-state index contributed by atoms with van der Waals surface area (Å²) in [7, 11) is 0. The van der Waals surface area contributed by atoms with E-state index in [2.05, 4.69) is 65.3 Å². The fourth-order valence-corrected chi connectivity index (χ4v) is 4.26. The molecule has 0 unspecified atom stereocenters. The molecule has 0 aliphatic heterocycles. The lowest BCUT2D eigenvalue weighted by Crippen LogP contribution is -2.20. The van der Waals surface area contributed by atoms with Gasteiger partial charge in [-0.05, 0) is 103 Å². The number of hydrogen-bond acceptors (Lipinski definition) is 4. The first-order valence-electron chi connectivity index (χ1n) is 10.7. The van der Waals surface area contributed by atoms with Crippen LogP contribution in [0.4, 0.5) is 11.4 Å². The molecule has 0 spiro atoms. The summed E-state index contributed by atoms with van der Waals surface area (Å²) in [6.45, 7) is 9.01. The third-order valence-corrected chi connectivity index (χ3v) is 6.26. The van der Waals surface area contributed by atoms with Crippen LogP contribution in [0.1, 0.15) is 29.2 Å². The van der Waals surface area contributed by atoms with Crippen molar-refractivity contribution in [1.82, 2.24) is 0 Å². The van der Waals surface area contributed by atoms with Gasteiger partial charge in [-0.25, -0.2) is 0 Å². The molecule has 0 heterocycles. The lowest BCUT2D eigenvalue weighted by Gasteiger charge is -2.17. The van der Waals surface area contributed by atoms with Crippen LogP contribution in [0, 0.1) is 24.3 Å². The summed E-state index contributed by atoms with van der Waals surface area (Å²) in [6.07, 6.45) is 0. The Kier molecular flexibility index (Phi) is 8.86. The third-order valence-electron chi connectivity index (χ3n) is 5.05. The highest BCUT2D eigenvalue weighted by atomic mass is 127. The number of halogens is 2. The minimum atomic E-state index is -0.270. The zero-order valence-electron chi connectivity index (χ0n) is 19.2. The van der Waals surface area contributed by atoms with Crippen LogP contribution in [-0.4, -0.2) is 19.1 Å². The first-order valence-corrected chi connectivity index (χ1v) is 12.2. The number of aryl methyl sites for hydroxylation is 3. The number of ether oxygens (including phenoxy) is 2. The molecule has 3 aromatic rings. The van der Waals surface area contributed by atoms with Gasteiger partial charge in [0.15, 0.2) is 18.1 Å². The first kappa shape index (κ1) is 25.2. The summed E-state index contributed by atoms with van der Waals surface area (Å²) in [5.41, 5.74) is 6.16. The average Bonchev–Trinajstić information content (AvgIpc) is 2.76. The fourth-order valence-electron chi connectivity index (χ4n) is 3.26. The number of benzene rings is 3. The van der Waals surface area contributed by atoms with Crippen molar-refractivity contribution in [3.8, 4) is 11.5 Å². The average molecular weight is 579 g/mol. The lowest BCUT2D eigenvalue weighted by molar-refractivity contribution is -0.118. The molecule has 0 aromatic heterocycles. The van der Waals surface area contributed by atoms with E-state index in [9.17, 15) is 4.79 Å². The van der Waals surface area contributed by atoms with E-state index in [1.807, 2.05) is 38.1 Å².